The Morgan fingerprint density at radius 2 is 2.33 bits per heavy atom. The first kappa shape index (κ1) is 12.8. The largest absolute Gasteiger partial charge is 0.384 e. The van der Waals surface area contributed by atoms with Crippen molar-refractivity contribution in [2.24, 2.45) is 5.92 Å². The maximum atomic E-state index is 10.6. The predicted molar refractivity (Wildman–Crippen MR) is 69.8 cm³/mol. The summed E-state index contributed by atoms with van der Waals surface area (Å²) in [6, 6.07) is 4.90. The Morgan fingerprint density at radius 1 is 1.56 bits per heavy atom. The standard InChI is InChI=1S/C13H18N2O3/c1-9-7-12(15(16)17)3-4-13(9)14-8-11-5-6-18-10(11)2/h3-4,7,10-11,14H,5-6,8H2,1-2H3. The molecule has 1 aromatic rings. The number of non-ortho nitro benzene ring substituents is 1. The third-order valence-corrected chi connectivity index (χ3v) is 3.51. The molecule has 0 radical (unpaired) electrons. The Kier molecular flexibility index (Phi) is 3.81. The third kappa shape index (κ3) is 2.79. The van der Waals surface area contributed by atoms with Crippen molar-refractivity contribution >= 4 is 11.4 Å². The van der Waals surface area contributed by atoms with Crippen molar-refractivity contribution < 1.29 is 9.66 Å². The topological polar surface area (TPSA) is 64.4 Å². The summed E-state index contributed by atoms with van der Waals surface area (Å²) in [5.41, 5.74) is 1.99. The summed E-state index contributed by atoms with van der Waals surface area (Å²) in [6.07, 6.45) is 1.36. The molecule has 1 heterocycles. The Bertz CT molecular complexity index is 448. The summed E-state index contributed by atoms with van der Waals surface area (Å²) in [4.78, 5) is 10.3. The highest BCUT2D eigenvalue weighted by molar-refractivity contribution is 5.55. The summed E-state index contributed by atoms with van der Waals surface area (Å²) in [6.45, 7) is 5.64. The number of rotatable bonds is 4. The van der Waals surface area contributed by atoms with Crippen molar-refractivity contribution in [2.75, 3.05) is 18.5 Å². The minimum Gasteiger partial charge on any atom is -0.384 e. The van der Waals surface area contributed by atoms with Gasteiger partial charge in [-0.1, -0.05) is 0 Å². The summed E-state index contributed by atoms with van der Waals surface area (Å²) >= 11 is 0. The number of hydrogen-bond acceptors (Lipinski definition) is 4. The number of hydrogen-bond donors (Lipinski definition) is 1. The van der Waals surface area contributed by atoms with E-state index in [0.29, 0.717) is 5.92 Å². The van der Waals surface area contributed by atoms with E-state index in [2.05, 4.69) is 12.2 Å². The van der Waals surface area contributed by atoms with Crippen LogP contribution in [0.1, 0.15) is 18.9 Å². The molecule has 18 heavy (non-hydrogen) atoms. The molecular weight excluding hydrogens is 232 g/mol. The van der Waals surface area contributed by atoms with Crippen LogP contribution in [-0.2, 0) is 4.74 Å². The average Bonchev–Trinajstić information content (AvgIpc) is 2.73. The molecule has 1 N–H and O–H groups in total. The zero-order chi connectivity index (χ0) is 13.1. The quantitative estimate of drug-likeness (QED) is 0.659. The van der Waals surface area contributed by atoms with E-state index in [-0.39, 0.29) is 16.7 Å². The van der Waals surface area contributed by atoms with Gasteiger partial charge in [0.25, 0.3) is 5.69 Å². The molecule has 0 saturated carbocycles. The van der Waals surface area contributed by atoms with E-state index < -0.39 is 0 Å². The number of nitrogens with zero attached hydrogens (tertiary/aromatic N) is 1. The van der Waals surface area contributed by atoms with Gasteiger partial charge in [0.05, 0.1) is 11.0 Å². The molecule has 1 saturated heterocycles. The molecule has 0 aliphatic carbocycles. The SMILES string of the molecule is Cc1cc([N+](=O)[O-])ccc1NCC1CCOC1C. The van der Waals surface area contributed by atoms with Crippen LogP contribution in [0.5, 0.6) is 0 Å². The highest BCUT2D eigenvalue weighted by Crippen LogP contribution is 2.24. The van der Waals surface area contributed by atoms with E-state index in [9.17, 15) is 10.1 Å². The van der Waals surface area contributed by atoms with Crippen LogP contribution in [0.3, 0.4) is 0 Å². The van der Waals surface area contributed by atoms with Crippen molar-refractivity contribution in [3.63, 3.8) is 0 Å². The molecule has 5 nitrogen and oxygen atoms in total. The van der Waals surface area contributed by atoms with Gasteiger partial charge in [-0.15, -0.1) is 0 Å². The number of benzene rings is 1. The van der Waals surface area contributed by atoms with E-state index in [1.165, 1.54) is 6.07 Å². The number of nitrogens with one attached hydrogen (secondary N) is 1. The van der Waals surface area contributed by atoms with Crippen molar-refractivity contribution in [2.45, 2.75) is 26.4 Å². The van der Waals surface area contributed by atoms with Gasteiger partial charge in [0.15, 0.2) is 0 Å². The van der Waals surface area contributed by atoms with E-state index in [0.717, 1.165) is 30.8 Å². The first-order valence-corrected chi connectivity index (χ1v) is 6.18. The molecule has 1 aromatic carbocycles. The maximum Gasteiger partial charge on any atom is 0.269 e. The monoisotopic (exact) mass is 250 g/mol. The molecular formula is C13H18N2O3. The molecule has 1 fully saturated rings. The van der Waals surface area contributed by atoms with E-state index in [1.807, 2.05) is 6.92 Å². The summed E-state index contributed by atoms with van der Waals surface area (Å²) in [5, 5.41) is 14.0. The molecule has 2 atom stereocenters. The van der Waals surface area contributed by atoms with Gasteiger partial charge in [0.1, 0.15) is 0 Å². The second-order valence-electron chi connectivity index (χ2n) is 4.76. The highest BCUT2D eigenvalue weighted by atomic mass is 16.6. The number of ether oxygens (including phenoxy) is 1. The fourth-order valence-electron chi connectivity index (χ4n) is 2.24. The van der Waals surface area contributed by atoms with Crippen molar-refractivity contribution in [3.05, 3.63) is 33.9 Å². The zero-order valence-electron chi connectivity index (χ0n) is 10.7. The molecule has 0 spiro atoms. The number of aryl methyl sites for hydroxylation is 1. The summed E-state index contributed by atoms with van der Waals surface area (Å²) < 4.78 is 5.51. The smallest absolute Gasteiger partial charge is 0.269 e. The lowest BCUT2D eigenvalue weighted by atomic mass is 10.0. The normalized spacial score (nSPS) is 23.0. The van der Waals surface area contributed by atoms with Crippen molar-refractivity contribution in [3.8, 4) is 0 Å². The lowest BCUT2D eigenvalue weighted by molar-refractivity contribution is -0.384. The van der Waals surface area contributed by atoms with Gasteiger partial charge in [-0.2, -0.15) is 0 Å². The molecule has 1 aliphatic heterocycles. The minimum atomic E-state index is -0.371. The second-order valence-corrected chi connectivity index (χ2v) is 4.76. The van der Waals surface area contributed by atoms with Crippen molar-refractivity contribution in [1.29, 1.82) is 0 Å². The molecule has 0 amide bonds. The van der Waals surface area contributed by atoms with Gasteiger partial charge in [0, 0.05) is 36.9 Å². The number of anilines is 1. The molecule has 5 heteroatoms. The fourth-order valence-corrected chi connectivity index (χ4v) is 2.24. The molecule has 0 bridgehead atoms. The van der Waals surface area contributed by atoms with Crippen LogP contribution < -0.4 is 5.32 Å². The first-order chi connectivity index (χ1) is 8.58. The minimum absolute atomic E-state index is 0.135. The Hall–Kier alpha value is -1.62. The first-order valence-electron chi connectivity index (χ1n) is 6.18. The molecule has 1 aliphatic rings. The van der Waals surface area contributed by atoms with Gasteiger partial charge >= 0.3 is 0 Å². The summed E-state index contributed by atoms with van der Waals surface area (Å²) in [5.74, 6) is 0.514. The van der Waals surface area contributed by atoms with E-state index in [1.54, 1.807) is 12.1 Å². The van der Waals surface area contributed by atoms with Crippen LogP contribution in [0.2, 0.25) is 0 Å². The maximum absolute atomic E-state index is 10.6. The van der Waals surface area contributed by atoms with Crippen LogP contribution in [0.15, 0.2) is 18.2 Å². The highest BCUT2D eigenvalue weighted by Gasteiger charge is 2.23. The molecule has 98 valence electrons. The van der Waals surface area contributed by atoms with Crippen molar-refractivity contribution in [1.82, 2.24) is 0 Å². The molecule has 2 unspecified atom stereocenters. The zero-order valence-corrected chi connectivity index (χ0v) is 10.7. The van der Waals surface area contributed by atoms with E-state index >= 15 is 0 Å². The Balaban J connectivity index is 1.99. The van der Waals surface area contributed by atoms with Gasteiger partial charge in [0.2, 0.25) is 0 Å². The van der Waals surface area contributed by atoms with Crippen LogP contribution >= 0.6 is 0 Å². The molecule has 2 rings (SSSR count). The lowest BCUT2D eigenvalue weighted by Gasteiger charge is -2.16. The van der Waals surface area contributed by atoms with Crippen LogP contribution in [0, 0.1) is 23.0 Å². The van der Waals surface area contributed by atoms with Gasteiger partial charge in [-0.25, -0.2) is 0 Å². The Morgan fingerprint density at radius 3 is 2.89 bits per heavy atom. The third-order valence-electron chi connectivity index (χ3n) is 3.51. The number of nitro benzene ring substituents is 1. The van der Waals surface area contributed by atoms with Crippen LogP contribution in [0.4, 0.5) is 11.4 Å². The van der Waals surface area contributed by atoms with Gasteiger partial charge in [-0.3, -0.25) is 10.1 Å². The van der Waals surface area contributed by atoms with Gasteiger partial charge < -0.3 is 10.1 Å². The Labute approximate surface area is 106 Å². The van der Waals surface area contributed by atoms with Gasteiger partial charge in [-0.05, 0) is 31.9 Å². The predicted octanol–water partition coefficient (Wildman–Crippen LogP) is 2.74. The fraction of sp³-hybridized carbons (Fsp3) is 0.538. The average molecular weight is 250 g/mol. The second kappa shape index (κ2) is 5.35. The lowest BCUT2D eigenvalue weighted by Crippen LogP contribution is -2.21. The van der Waals surface area contributed by atoms with Crippen LogP contribution in [-0.4, -0.2) is 24.2 Å². The summed E-state index contributed by atoms with van der Waals surface area (Å²) in [7, 11) is 0. The van der Waals surface area contributed by atoms with Crippen LogP contribution in [0.25, 0.3) is 0 Å². The molecule has 0 aromatic heterocycles. The van der Waals surface area contributed by atoms with E-state index in [4.69, 9.17) is 4.74 Å². The number of nitro groups is 1.